The van der Waals surface area contributed by atoms with Crippen molar-refractivity contribution in [3.8, 4) is 0 Å². The van der Waals surface area contributed by atoms with Gasteiger partial charge in [-0.1, -0.05) is 6.92 Å². The molecule has 2 heterocycles. The summed E-state index contributed by atoms with van der Waals surface area (Å²) in [7, 11) is 1.98. The zero-order chi connectivity index (χ0) is 13.1. The van der Waals surface area contributed by atoms with Crippen LogP contribution in [0.15, 0.2) is 17.6 Å². The van der Waals surface area contributed by atoms with Crippen molar-refractivity contribution in [2.45, 2.75) is 39.8 Å². The molecule has 3 nitrogen and oxygen atoms in total. The number of nitrogens with one attached hydrogen (secondary N) is 1. The number of hydrogen-bond acceptors (Lipinski definition) is 3. The molecule has 2 aromatic rings. The van der Waals surface area contributed by atoms with Crippen LogP contribution in [0.4, 0.5) is 0 Å². The van der Waals surface area contributed by atoms with E-state index in [-0.39, 0.29) is 0 Å². The largest absolute Gasteiger partial charge is 0.305 e. The van der Waals surface area contributed by atoms with E-state index in [2.05, 4.69) is 48.8 Å². The van der Waals surface area contributed by atoms with Gasteiger partial charge in [0.15, 0.2) is 0 Å². The minimum Gasteiger partial charge on any atom is -0.305 e. The standard InChI is InChI=1S/C14H21N3S/c1-5-13-12(9-17(4)16-13)8-15-11(3)14-10(2)6-7-18-14/h6-7,9,11,15H,5,8H2,1-4H3. The van der Waals surface area contributed by atoms with E-state index in [9.17, 15) is 0 Å². The minimum absolute atomic E-state index is 0.398. The van der Waals surface area contributed by atoms with Crippen molar-refractivity contribution in [1.29, 1.82) is 0 Å². The molecule has 0 saturated heterocycles. The molecule has 0 radical (unpaired) electrons. The lowest BCUT2D eigenvalue weighted by Gasteiger charge is -2.13. The first kappa shape index (κ1) is 13.3. The maximum Gasteiger partial charge on any atom is 0.0666 e. The van der Waals surface area contributed by atoms with E-state index in [0.29, 0.717) is 6.04 Å². The van der Waals surface area contributed by atoms with E-state index < -0.39 is 0 Å². The van der Waals surface area contributed by atoms with Crippen LogP contribution in [0, 0.1) is 6.92 Å². The van der Waals surface area contributed by atoms with E-state index in [1.807, 2.05) is 23.1 Å². The van der Waals surface area contributed by atoms with E-state index >= 15 is 0 Å². The Labute approximate surface area is 113 Å². The summed E-state index contributed by atoms with van der Waals surface area (Å²) in [6, 6.07) is 2.58. The highest BCUT2D eigenvalue weighted by Crippen LogP contribution is 2.23. The summed E-state index contributed by atoms with van der Waals surface area (Å²) >= 11 is 1.82. The molecule has 0 aromatic carbocycles. The molecule has 1 N–H and O–H groups in total. The van der Waals surface area contributed by atoms with Gasteiger partial charge in [-0.3, -0.25) is 4.68 Å². The molecular weight excluding hydrogens is 242 g/mol. The molecule has 0 saturated carbocycles. The molecule has 0 spiro atoms. The lowest BCUT2D eigenvalue weighted by molar-refractivity contribution is 0.578. The SMILES string of the molecule is CCc1nn(C)cc1CNC(C)c1sccc1C. The second kappa shape index (κ2) is 5.67. The molecule has 2 rings (SSSR count). The summed E-state index contributed by atoms with van der Waals surface area (Å²) < 4.78 is 1.90. The van der Waals surface area contributed by atoms with Gasteiger partial charge < -0.3 is 5.32 Å². The average Bonchev–Trinajstić information content (AvgIpc) is 2.92. The smallest absolute Gasteiger partial charge is 0.0666 e. The summed E-state index contributed by atoms with van der Waals surface area (Å²) in [4.78, 5) is 1.43. The van der Waals surface area contributed by atoms with E-state index in [0.717, 1.165) is 13.0 Å². The predicted octanol–water partition coefficient (Wildman–Crippen LogP) is 3.20. The van der Waals surface area contributed by atoms with Crippen molar-refractivity contribution in [3.63, 3.8) is 0 Å². The maximum absolute atomic E-state index is 4.47. The Balaban J connectivity index is 2.01. The van der Waals surface area contributed by atoms with Crippen molar-refractivity contribution < 1.29 is 0 Å². The Morgan fingerprint density at radius 1 is 1.50 bits per heavy atom. The lowest BCUT2D eigenvalue weighted by Crippen LogP contribution is -2.18. The molecular formula is C14H21N3S. The second-order valence-corrected chi connectivity index (χ2v) is 5.65. The Bertz CT molecular complexity index is 513. The van der Waals surface area contributed by atoms with Crippen LogP contribution >= 0.6 is 11.3 Å². The van der Waals surface area contributed by atoms with Gasteiger partial charge in [0, 0.05) is 36.3 Å². The van der Waals surface area contributed by atoms with E-state index in [1.165, 1.54) is 21.7 Å². The van der Waals surface area contributed by atoms with Crippen molar-refractivity contribution in [1.82, 2.24) is 15.1 Å². The van der Waals surface area contributed by atoms with Gasteiger partial charge in [-0.05, 0) is 37.3 Å². The molecule has 1 unspecified atom stereocenters. The molecule has 0 fully saturated rings. The first-order valence-corrected chi connectivity index (χ1v) is 7.28. The highest BCUT2D eigenvalue weighted by atomic mass is 32.1. The quantitative estimate of drug-likeness (QED) is 0.897. The Kier molecular flexibility index (Phi) is 4.19. The van der Waals surface area contributed by atoms with Crippen LogP contribution < -0.4 is 5.32 Å². The molecule has 2 aromatic heterocycles. The van der Waals surface area contributed by atoms with Gasteiger partial charge in [0.05, 0.1) is 5.69 Å². The first-order chi connectivity index (χ1) is 8.61. The molecule has 1 atom stereocenters. The van der Waals surface area contributed by atoms with Crippen molar-refractivity contribution in [3.05, 3.63) is 39.3 Å². The third-order valence-corrected chi connectivity index (χ3v) is 4.42. The Morgan fingerprint density at radius 2 is 2.28 bits per heavy atom. The zero-order valence-corrected chi connectivity index (χ0v) is 12.3. The van der Waals surface area contributed by atoms with Crippen LogP contribution in [0.25, 0.3) is 0 Å². The molecule has 0 aliphatic heterocycles. The van der Waals surface area contributed by atoms with Gasteiger partial charge in [0.2, 0.25) is 0 Å². The predicted molar refractivity (Wildman–Crippen MR) is 76.9 cm³/mol. The summed E-state index contributed by atoms with van der Waals surface area (Å²) in [5, 5.41) is 10.2. The van der Waals surface area contributed by atoms with Crippen LogP contribution in [0.3, 0.4) is 0 Å². The average molecular weight is 263 g/mol. The van der Waals surface area contributed by atoms with Crippen LogP contribution in [0.1, 0.15) is 41.6 Å². The topological polar surface area (TPSA) is 29.9 Å². The third-order valence-electron chi connectivity index (χ3n) is 3.22. The molecule has 0 aliphatic rings. The summed E-state index contributed by atoms with van der Waals surface area (Å²) in [5.74, 6) is 0. The van der Waals surface area contributed by atoms with Gasteiger partial charge in [-0.2, -0.15) is 5.10 Å². The zero-order valence-electron chi connectivity index (χ0n) is 11.5. The normalized spacial score (nSPS) is 12.9. The Morgan fingerprint density at radius 3 is 2.89 bits per heavy atom. The van der Waals surface area contributed by atoms with E-state index in [1.54, 1.807) is 0 Å². The fourth-order valence-corrected chi connectivity index (χ4v) is 3.17. The molecule has 4 heteroatoms. The first-order valence-electron chi connectivity index (χ1n) is 6.40. The summed E-state index contributed by atoms with van der Waals surface area (Å²) in [5.41, 5.74) is 3.88. The summed E-state index contributed by atoms with van der Waals surface area (Å²) in [6.07, 6.45) is 3.10. The highest BCUT2D eigenvalue weighted by Gasteiger charge is 2.11. The molecule has 0 bridgehead atoms. The highest BCUT2D eigenvalue weighted by molar-refractivity contribution is 7.10. The van der Waals surface area contributed by atoms with Crippen LogP contribution in [0.5, 0.6) is 0 Å². The lowest BCUT2D eigenvalue weighted by atomic mass is 10.1. The number of aryl methyl sites for hydroxylation is 3. The number of nitrogens with zero attached hydrogens (tertiary/aromatic N) is 2. The summed E-state index contributed by atoms with van der Waals surface area (Å²) in [6.45, 7) is 7.43. The fourth-order valence-electron chi connectivity index (χ4n) is 2.21. The molecule has 0 amide bonds. The number of rotatable bonds is 5. The van der Waals surface area contributed by atoms with Crippen molar-refractivity contribution >= 4 is 11.3 Å². The maximum atomic E-state index is 4.47. The van der Waals surface area contributed by atoms with Gasteiger partial charge in [0.1, 0.15) is 0 Å². The Hall–Kier alpha value is -1.13. The van der Waals surface area contributed by atoms with Crippen LogP contribution in [0.2, 0.25) is 0 Å². The van der Waals surface area contributed by atoms with Gasteiger partial charge >= 0.3 is 0 Å². The van der Waals surface area contributed by atoms with Crippen molar-refractivity contribution in [2.24, 2.45) is 7.05 Å². The minimum atomic E-state index is 0.398. The van der Waals surface area contributed by atoms with Crippen LogP contribution in [-0.2, 0) is 20.0 Å². The second-order valence-electron chi connectivity index (χ2n) is 4.70. The van der Waals surface area contributed by atoms with Gasteiger partial charge in [0.25, 0.3) is 0 Å². The number of thiophene rings is 1. The van der Waals surface area contributed by atoms with Gasteiger partial charge in [-0.25, -0.2) is 0 Å². The number of hydrogen-bond donors (Lipinski definition) is 1. The third kappa shape index (κ3) is 2.82. The van der Waals surface area contributed by atoms with E-state index in [4.69, 9.17) is 0 Å². The van der Waals surface area contributed by atoms with Crippen LogP contribution in [-0.4, -0.2) is 9.78 Å². The molecule has 0 aliphatic carbocycles. The fraction of sp³-hybridized carbons (Fsp3) is 0.500. The number of aromatic nitrogens is 2. The molecule has 98 valence electrons. The van der Waals surface area contributed by atoms with Crippen molar-refractivity contribution in [2.75, 3.05) is 0 Å². The molecule has 18 heavy (non-hydrogen) atoms. The monoisotopic (exact) mass is 263 g/mol. The van der Waals surface area contributed by atoms with Gasteiger partial charge in [-0.15, -0.1) is 11.3 Å².